The van der Waals surface area contributed by atoms with E-state index < -0.39 is 0 Å². The van der Waals surface area contributed by atoms with Crippen LogP contribution in [0.3, 0.4) is 0 Å². The average molecular weight is 321 g/mol. The molecule has 0 radical (unpaired) electrons. The quantitative estimate of drug-likeness (QED) is 0.504. The second-order valence-electron chi connectivity index (χ2n) is 6.81. The van der Waals surface area contributed by atoms with Crippen LogP contribution in [-0.2, 0) is 0 Å². The van der Waals surface area contributed by atoms with Crippen molar-refractivity contribution in [1.82, 2.24) is 0 Å². The summed E-state index contributed by atoms with van der Waals surface area (Å²) in [7, 11) is 0. The molecule has 0 fully saturated rings. The lowest BCUT2D eigenvalue weighted by atomic mass is 9.98. The van der Waals surface area contributed by atoms with E-state index in [1.54, 1.807) is 6.08 Å². The number of aliphatic hydroxyl groups is 2. The van der Waals surface area contributed by atoms with E-state index in [4.69, 9.17) is 10.2 Å². The Labute approximate surface area is 143 Å². The smallest absolute Gasteiger partial charge is 0.0642 e. The molecular formula is C21H36O2. The molecule has 0 spiro atoms. The van der Waals surface area contributed by atoms with Crippen molar-refractivity contribution in [3.05, 3.63) is 46.6 Å². The molecule has 0 saturated carbocycles. The van der Waals surface area contributed by atoms with Crippen molar-refractivity contribution in [2.75, 3.05) is 13.2 Å². The fourth-order valence-electron chi connectivity index (χ4n) is 2.75. The molecule has 0 aromatic rings. The molecule has 1 atom stereocenters. The maximum absolute atomic E-state index is 9.14. The fourth-order valence-corrected chi connectivity index (χ4v) is 2.75. The van der Waals surface area contributed by atoms with Crippen LogP contribution in [0.25, 0.3) is 0 Å². The van der Waals surface area contributed by atoms with Crippen LogP contribution in [0.15, 0.2) is 46.6 Å². The molecule has 23 heavy (non-hydrogen) atoms. The van der Waals surface area contributed by atoms with E-state index in [1.165, 1.54) is 16.7 Å². The van der Waals surface area contributed by atoms with Crippen molar-refractivity contribution < 1.29 is 10.2 Å². The molecular weight excluding hydrogens is 284 g/mol. The molecule has 0 aliphatic heterocycles. The Morgan fingerprint density at radius 1 is 0.870 bits per heavy atom. The van der Waals surface area contributed by atoms with Gasteiger partial charge in [-0.25, -0.2) is 0 Å². The van der Waals surface area contributed by atoms with Gasteiger partial charge in [0.25, 0.3) is 0 Å². The zero-order valence-corrected chi connectivity index (χ0v) is 15.7. The van der Waals surface area contributed by atoms with Gasteiger partial charge in [0.1, 0.15) is 0 Å². The largest absolute Gasteiger partial charge is 0.392 e. The molecule has 132 valence electrons. The summed E-state index contributed by atoms with van der Waals surface area (Å²) >= 11 is 0. The summed E-state index contributed by atoms with van der Waals surface area (Å²) in [6.45, 7) is 11.0. The highest BCUT2D eigenvalue weighted by Crippen LogP contribution is 2.16. The van der Waals surface area contributed by atoms with Gasteiger partial charge in [-0.05, 0) is 71.3 Å². The molecule has 1 unspecified atom stereocenters. The van der Waals surface area contributed by atoms with Gasteiger partial charge >= 0.3 is 0 Å². The van der Waals surface area contributed by atoms with Crippen molar-refractivity contribution in [2.45, 2.75) is 66.7 Å². The lowest BCUT2D eigenvalue weighted by molar-refractivity contribution is 0.315. The van der Waals surface area contributed by atoms with Crippen LogP contribution in [0.5, 0.6) is 0 Å². The van der Waals surface area contributed by atoms with Crippen LogP contribution in [0.2, 0.25) is 0 Å². The molecule has 0 amide bonds. The summed E-state index contributed by atoms with van der Waals surface area (Å²) in [4.78, 5) is 0. The number of aliphatic hydroxyl groups excluding tert-OH is 2. The summed E-state index contributed by atoms with van der Waals surface area (Å²) < 4.78 is 0. The number of hydrogen-bond acceptors (Lipinski definition) is 2. The highest BCUT2D eigenvalue weighted by Gasteiger charge is 1.99. The summed E-state index contributed by atoms with van der Waals surface area (Å²) in [6, 6.07) is 0. The van der Waals surface area contributed by atoms with Gasteiger partial charge in [0, 0.05) is 0 Å². The third-order valence-corrected chi connectivity index (χ3v) is 3.83. The molecule has 0 heterocycles. The van der Waals surface area contributed by atoms with Crippen LogP contribution in [0.4, 0.5) is 0 Å². The molecule has 2 nitrogen and oxygen atoms in total. The van der Waals surface area contributed by atoms with Gasteiger partial charge in [-0.2, -0.15) is 0 Å². The number of hydrogen-bond donors (Lipinski definition) is 2. The van der Waals surface area contributed by atoms with E-state index in [0.717, 1.165) is 37.7 Å². The van der Waals surface area contributed by atoms with Gasteiger partial charge in [-0.1, -0.05) is 47.9 Å². The van der Waals surface area contributed by atoms with E-state index >= 15 is 0 Å². The minimum atomic E-state index is 0.00777. The Morgan fingerprint density at radius 2 is 1.48 bits per heavy atom. The Hall–Kier alpha value is -1.12. The van der Waals surface area contributed by atoms with E-state index in [0.29, 0.717) is 5.92 Å². The van der Waals surface area contributed by atoms with Crippen LogP contribution >= 0.6 is 0 Å². The summed E-state index contributed by atoms with van der Waals surface area (Å²) in [5, 5.41) is 18.0. The Bertz CT molecular complexity index is 435. The zero-order valence-electron chi connectivity index (χ0n) is 15.7. The SMILES string of the molecule is CC(C)=CC(C)CC(C)=CCCC(C)=CCCC(=CCO)CO. The predicted octanol–water partition coefficient (Wildman–Crippen LogP) is 5.34. The minimum absolute atomic E-state index is 0.00777. The molecule has 0 rings (SSSR count). The van der Waals surface area contributed by atoms with Crippen LogP contribution in [0.1, 0.15) is 66.7 Å². The zero-order chi connectivity index (χ0) is 17.7. The first-order chi connectivity index (χ1) is 10.9. The second-order valence-corrected chi connectivity index (χ2v) is 6.81. The van der Waals surface area contributed by atoms with Crippen LogP contribution in [-0.4, -0.2) is 23.4 Å². The van der Waals surface area contributed by atoms with Gasteiger partial charge < -0.3 is 10.2 Å². The first kappa shape index (κ1) is 21.9. The van der Waals surface area contributed by atoms with Crippen molar-refractivity contribution in [3.8, 4) is 0 Å². The molecule has 0 bridgehead atoms. The van der Waals surface area contributed by atoms with E-state index in [1.807, 2.05) is 0 Å². The van der Waals surface area contributed by atoms with Gasteiger partial charge in [0.15, 0.2) is 0 Å². The van der Waals surface area contributed by atoms with E-state index in [2.05, 4.69) is 52.8 Å². The maximum atomic E-state index is 9.14. The highest BCUT2D eigenvalue weighted by atomic mass is 16.3. The lowest BCUT2D eigenvalue weighted by Gasteiger charge is -2.08. The Balaban J connectivity index is 4.15. The molecule has 2 N–H and O–H groups in total. The molecule has 0 aliphatic carbocycles. The van der Waals surface area contributed by atoms with Gasteiger partial charge in [0.2, 0.25) is 0 Å². The van der Waals surface area contributed by atoms with Crippen molar-refractivity contribution >= 4 is 0 Å². The average Bonchev–Trinajstić information content (AvgIpc) is 2.45. The topological polar surface area (TPSA) is 40.5 Å². The number of allylic oxidation sites excluding steroid dienone is 6. The van der Waals surface area contributed by atoms with Crippen LogP contribution < -0.4 is 0 Å². The van der Waals surface area contributed by atoms with E-state index in [9.17, 15) is 0 Å². The summed E-state index contributed by atoms with van der Waals surface area (Å²) in [5.41, 5.74) is 5.17. The van der Waals surface area contributed by atoms with Crippen molar-refractivity contribution in [1.29, 1.82) is 0 Å². The van der Waals surface area contributed by atoms with Gasteiger partial charge in [-0.15, -0.1) is 0 Å². The maximum Gasteiger partial charge on any atom is 0.0642 e. The second kappa shape index (κ2) is 13.3. The number of rotatable bonds is 11. The summed E-state index contributed by atoms with van der Waals surface area (Å²) in [5.74, 6) is 0.614. The molecule has 2 heteroatoms. The fraction of sp³-hybridized carbons (Fsp3) is 0.619. The first-order valence-corrected chi connectivity index (χ1v) is 8.75. The Morgan fingerprint density at radius 3 is 2.04 bits per heavy atom. The third-order valence-electron chi connectivity index (χ3n) is 3.83. The monoisotopic (exact) mass is 320 g/mol. The predicted molar refractivity (Wildman–Crippen MR) is 101 cm³/mol. The van der Waals surface area contributed by atoms with Crippen molar-refractivity contribution in [2.24, 2.45) is 5.92 Å². The minimum Gasteiger partial charge on any atom is -0.392 e. The van der Waals surface area contributed by atoms with Crippen LogP contribution in [0, 0.1) is 5.92 Å². The molecule has 0 saturated heterocycles. The standard InChI is InChI=1S/C21H36O2/c1-17(2)14-20(5)15-19(4)10-6-8-18(3)9-7-11-21(16-23)12-13-22/h9-10,12,14,20,22-23H,6-8,11,13,15-16H2,1-5H3. The third kappa shape index (κ3) is 13.1. The molecule has 0 aliphatic rings. The molecule has 0 aromatic heterocycles. The van der Waals surface area contributed by atoms with Gasteiger partial charge in [-0.3, -0.25) is 0 Å². The highest BCUT2D eigenvalue weighted by molar-refractivity contribution is 5.08. The first-order valence-electron chi connectivity index (χ1n) is 8.75. The molecule has 0 aromatic carbocycles. The summed E-state index contributed by atoms with van der Waals surface area (Å²) in [6.07, 6.45) is 13.7. The van der Waals surface area contributed by atoms with Gasteiger partial charge in [0.05, 0.1) is 13.2 Å². The van der Waals surface area contributed by atoms with E-state index in [-0.39, 0.29) is 13.2 Å². The Kier molecular flexibility index (Phi) is 12.7. The lowest BCUT2D eigenvalue weighted by Crippen LogP contribution is -1.92. The van der Waals surface area contributed by atoms with Crippen molar-refractivity contribution in [3.63, 3.8) is 0 Å². The normalized spacial score (nSPS) is 14.8.